The number of hydrogen-bond donors (Lipinski definition) is 2. The highest BCUT2D eigenvalue weighted by Gasteiger charge is 2.18. The third-order valence-electron chi connectivity index (χ3n) is 5.71. The van der Waals surface area contributed by atoms with Crippen molar-refractivity contribution in [3.63, 3.8) is 0 Å². The van der Waals surface area contributed by atoms with Gasteiger partial charge in [0.2, 0.25) is 0 Å². The highest BCUT2D eigenvalue weighted by atomic mass is 16.2. The smallest absolute Gasteiger partial charge is 0.328 e. The lowest BCUT2D eigenvalue weighted by Gasteiger charge is -2.36. The molecule has 0 bridgehead atoms. The van der Waals surface area contributed by atoms with E-state index in [0.717, 1.165) is 44.0 Å². The number of pyridine rings is 1. The van der Waals surface area contributed by atoms with Gasteiger partial charge in [0.15, 0.2) is 0 Å². The fourth-order valence-corrected chi connectivity index (χ4v) is 3.95. The quantitative estimate of drug-likeness (QED) is 0.630. The summed E-state index contributed by atoms with van der Waals surface area (Å²) < 4.78 is 1.21. The van der Waals surface area contributed by atoms with Gasteiger partial charge in [-0.25, -0.2) is 9.78 Å². The number of aromatic nitrogens is 3. The van der Waals surface area contributed by atoms with Crippen LogP contribution in [0.3, 0.4) is 0 Å². The summed E-state index contributed by atoms with van der Waals surface area (Å²) in [6.45, 7) is 6.34. The molecule has 9 heteroatoms. The maximum atomic E-state index is 12.4. The molecule has 3 aromatic rings. The number of fused-ring (bicyclic) bond motifs is 1. The highest BCUT2D eigenvalue weighted by Crippen LogP contribution is 2.18. The summed E-state index contributed by atoms with van der Waals surface area (Å²) in [6, 6.07) is 9.31. The Kier molecular flexibility index (Phi) is 5.85. The summed E-state index contributed by atoms with van der Waals surface area (Å²) in [5.41, 5.74) is 2.42. The van der Waals surface area contributed by atoms with Gasteiger partial charge in [0.05, 0.1) is 22.8 Å². The van der Waals surface area contributed by atoms with E-state index >= 15 is 0 Å². The molecule has 162 valence electrons. The minimum absolute atomic E-state index is 0.193. The maximum absolute atomic E-state index is 12.4. The first-order chi connectivity index (χ1) is 15.0. The molecule has 0 unspecified atom stereocenters. The highest BCUT2D eigenvalue weighted by molar-refractivity contribution is 5.92. The number of piperazine rings is 1. The van der Waals surface area contributed by atoms with E-state index in [1.54, 1.807) is 32.3 Å². The molecule has 1 saturated heterocycles. The van der Waals surface area contributed by atoms with Gasteiger partial charge in [0.25, 0.3) is 11.5 Å². The van der Waals surface area contributed by atoms with E-state index in [4.69, 9.17) is 0 Å². The van der Waals surface area contributed by atoms with Crippen molar-refractivity contribution in [1.29, 1.82) is 0 Å². The van der Waals surface area contributed by atoms with Gasteiger partial charge in [0.1, 0.15) is 5.69 Å². The molecule has 2 N–H and O–H groups in total. The number of carbonyl (C=O) groups excluding carboxylic acids is 1. The molecule has 31 heavy (non-hydrogen) atoms. The van der Waals surface area contributed by atoms with Crippen LogP contribution in [-0.4, -0.2) is 58.6 Å². The van der Waals surface area contributed by atoms with Gasteiger partial charge in [-0.15, -0.1) is 0 Å². The normalized spacial score (nSPS) is 14.7. The van der Waals surface area contributed by atoms with Crippen molar-refractivity contribution in [3.8, 4) is 0 Å². The van der Waals surface area contributed by atoms with Gasteiger partial charge >= 0.3 is 5.69 Å². The summed E-state index contributed by atoms with van der Waals surface area (Å²) in [4.78, 5) is 47.8. The molecular formula is C22H26N6O3. The van der Waals surface area contributed by atoms with Gasteiger partial charge in [-0.1, -0.05) is 6.07 Å². The molecule has 1 aromatic carbocycles. The Morgan fingerprint density at radius 3 is 2.55 bits per heavy atom. The van der Waals surface area contributed by atoms with E-state index in [1.165, 1.54) is 4.57 Å². The zero-order valence-corrected chi connectivity index (χ0v) is 17.7. The van der Waals surface area contributed by atoms with Gasteiger partial charge in [-0.2, -0.15) is 0 Å². The zero-order chi connectivity index (χ0) is 22.0. The number of nitrogens with one attached hydrogen (secondary N) is 2. The van der Waals surface area contributed by atoms with Gasteiger partial charge in [-0.3, -0.25) is 19.1 Å². The molecule has 0 atom stereocenters. The lowest BCUT2D eigenvalue weighted by atomic mass is 10.1. The van der Waals surface area contributed by atoms with Crippen LogP contribution in [0.4, 0.5) is 5.69 Å². The average molecular weight is 422 g/mol. The Labute approximate surface area is 179 Å². The van der Waals surface area contributed by atoms with Crippen molar-refractivity contribution in [2.75, 3.05) is 38.1 Å². The molecule has 9 nitrogen and oxygen atoms in total. The second-order valence-electron chi connectivity index (χ2n) is 7.60. The summed E-state index contributed by atoms with van der Waals surface area (Å²) in [7, 11) is 1.59. The minimum Gasteiger partial charge on any atom is -0.368 e. The van der Waals surface area contributed by atoms with Crippen LogP contribution >= 0.6 is 0 Å². The number of nitrogens with zero attached hydrogens (tertiary/aromatic N) is 4. The van der Waals surface area contributed by atoms with Crippen molar-refractivity contribution in [2.24, 2.45) is 0 Å². The first-order valence-corrected chi connectivity index (χ1v) is 10.4. The standard InChI is InChI=1S/C22H26N6O3/c1-3-28-21(30)17-6-4-15(12-19(17)25-22(28)31)14-26-8-10-27(11-9-26)16-5-7-18(24-13-16)20(29)23-2/h4-7,12-13H,3,8-11,14H2,1-2H3,(H,23,29)(H,25,31). The van der Waals surface area contributed by atoms with E-state index < -0.39 is 0 Å². The third-order valence-corrected chi connectivity index (χ3v) is 5.71. The van der Waals surface area contributed by atoms with Crippen molar-refractivity contribution >= 4 is 22.5 Å². The Balaban J connectivity index is 1.42. The predicted octanol–water partition coefficient (Wildman–Crippen LogP) is 0.787. The second kappa shape index (κ2) is 8.73. The summed E-state index contributed by atoms with van der Waals surface area (Å²) in [6.07, 6.45) is 1.74. The fraction of sp³-hybridized carbons (Fsp3) is 0.364. The molecule has 2 aromatic heterocycles. The average Bonchev–Trinajstić information content (AvgIpc) is 2.79. The topological polar surface area (TPSA) is 103 Å². The van der Waals surface area contributed by atoms with Crippen LogP contribution in [0.2, 0.25) is 0 Å². The molecule has 1 amide bonds. The van der Waals surface area contributed by atoms with Crippen molar-refractivity contribution in [2.45, 2.75) is 20.0 Å². The molecule has 4 rings (SSSR count). The van der Waals surface area contributed by atoms with Crippen LogP contribution in [0.5, 0.6) is 0 Å². The lowest BCUT2D eigenvalue weighted by molar-refractivity contribution is 0.0958. The molecule has 0 spiro atoms. The third kappa shape index (κ3) is 4.22. The number of carbonyl (C=O) groups is 1. The summed E-state index contributed by atoms with van der Waals surface area (Å²) in [5.74, 6) is -0.193. The lowest BCUT2D eigenvalue weighted by Crippen LogP contribution is -2.46. The fourth-order valence-electron chi connectivity index (χ4n) is 3.95. The van der Waals surface area contributed by atoms with Gasteiger partial charge in [-0.05, 0) is 36.8 Å². The van der Waals surface area contributed by atoms with Crippen molar-refractivity contribution in [1.82, 2.24) is 24.8 Å². The van der Waals surface area contributed by atoms with Crippen molar-refractivity contribution < 1.29 is 4.79 Å². The Morgan fingerprint density at radius 1 is 1.13 bits per heavy atom. The minimum atomic E-state index is -0.373. The summed E-state index contributed by atoms with van der Waals surface area (Å²) >= 11 is 0. The van der Waals surface area contributed by atoms with Gasteiger partial charge in [0, 0.05) is 46.3 Å². The Morgan fingerprint density at radius 2 is 1.90 bits per heavy atom. The van der Waals surface area contributed by atoms with Crippen molar-refractivity contribution in [3.05, 3.63) is 68.6 Å². The number of hydrogen-bond acceptors (Lipinski definition) is 6. The first-order valence-electron chi connectivity index (χ1n) is 10.4. The molecule has 0 radical (unpaired) electrons. The van der Waals surface area contributed by atoms with Crippen LogP contribution in [0, 0.1) is 0 Å². The molecule has 1 aliphatic heterocycles. The Hall–Kier alpha value is -3.46. The van der Waals surface area contributed by atoms with Crippen LogP contribution in [0.25, 0.3) is 10.9 Å². The number of rotatable bonds is 5. The van der Waals surface area contributed by atoms with E-state index in [-0.39, 0.29) is 17.2 Å². The first kappa shape index (κ1) is 20.8. The SMILES string of the molecule is CCn1c(=O)[nH]c2cc(CN3CCN(c4ccc(C(=O)NC)nc4)CC3)ccc2c1=O. The predicted molar refractivity (Wildman–Crippen MR) is 120 cm³/mol. The number of aromatic amines is 1. The monoisotopic (exact) mass is 422 g/mol. The van der Waals surface area contributed by atoms with Crippen LogP contribution in [0.15, 0.2) is 46.1 Å². The molecule has 1 aliphatic rings. The van der Waals surface area contributed by atoms with E-state index in [9.17, 15) is 14.4 Å². The van der Waals surface area contributed by atoms with Crippen LogP contribution in [-0.2, 0) is 13.1 Å². The molecule has 3 heterocycles. The molecular weight excluding hydrogens is 396 g/mol. The van der Waals surface area contributed by atoms with E-state index in [0.29, 0.717) is 23.1 Å². The number of amides is 1. The van der Waals surface area contributed by atoms with Gasteiger partial charge < -0.3 is 15.2 Å². The molecule has 0 aliphatic carbocycles. The second-order valence-corrected chi connectivity index (χ2v) is 7.60. The molecule has 0 saturated carbocycles. The maximum Gasteiger partial charge on any atom is 0.328 e. The van der Waals surface area contributed by atoms with Crippen LogP contribution < -0.4 is 21.5 Å². The number of H-pyrrole nitrogens is 1. The largest absolute Gasteiger partial charge is 0.368 e. The number of benzene rings is 1. The van der Waals surface area contributed by atoms with Crippen LogP contribution in [0.1, 0.15) is 23.0 Å². The van der Waals surface area contributed by atoms with E-state index in [2.05, 4.69) is 25.1 Å². The van der Waals surface area contributed by atoms with E-state index in [1.807, 2.05) is 18.2 Å². The number of anilines is 1. The zero-order valence-electron chi connectivity index (χ0n) is 17.7. The Bertz CT molecular complexity index is 1210. The molecule has 1 fully saturated rings. The summed E-state index contributed by atoms with van der Waals surface area (Å²) in [5, 5.41) is 3.10.